The molecule has 200 valence electrons. The summed E-state index contributed by atoms with van der Waals surface area (Å²) in [6.45, 7) is 6.68. The molecule has 5 rings (SSSR count). The standard InChI is InChI=1S/C33H35N3O3/c1-32(2,3)39-31(38)36-24-34-22-29(36)21-25-23-35(20-19-30(25)37)33(26-13-7-4-8-14-26,27-15-9-5-10-16-27)28-17-11-6-12-18-28/h4-18,21-22,24,30,37H,19-20,23H2,1-3H3/b25-21+. The lowest BCUT2D eigenvalue weighted by molar-refractivity contribution is 0.0535. The Morgan fingerprint density at radius 3 is 1.90 bits per heavy atom. The second-order valence-electron chi connectivity index (χ2n) is 10.9. The van der Waals surface area contributed by atoms with Gasteiger partial charge in [-0.2, -0.15) is 0 Å². The quantitative estimate of drug-likeness (QED) is 0.321. The monoisotopic (exact) mass is 521 g/mol. The molecule has 4 aromatic rings. The van der Waals surface area contributed by atoms with Crippen LogP contribution in [0.3, 0.4) is 0 Å². The molecule has 6 nitrogen and oxygen atoms in total. The lowest BCUT2D eigenvalue weighted by Crippen LogP contribution is -2.52. The first-order valence-electron chi connectivity index (χ1n) is 13.3. The molecular weight excluding hydrogens is 486 g/mol. The number of carbonyl (C=O) groups excluding carboxylic acids is 1. The van der Waals surface area contributed by atoms with E-state index in [0.29, 0.717) is 25.2 Å². The minimum Gasteiger partial charge on any atom is -0.443 e. The molecule has 0 radical (unpaired) electrons. The van der Waals surface area contributed by atoms with E-state index < -0.39 is 23.3 Å². The summed E-state index contributed by atoms with van der Waals surface area (Å²) in [5, 5.41) is 11.1. The number of rotatable bonds is 5. The number of imidazole rings is 1. The second-order valence-corrected chi connectivity index (χ2v) is 10.9. The minimum absolute atomic E-state index is 0.499. The maximum Gasteiger partial charge on any atom is 0.420 e. The van der Waals surface area contributed by atoms with E-state index in [9.17, 15) is 9.90 Å². The third-order valence-electron chi connectivity index (χ3n) is 7.11. The summed E-state index contributed by atoms with van der Waals surface area (Å²) >= 11 is 0. The number of ether oxygens (including phenoxy) is 1. The van der Waals surface area contributed by atoms with Crippen LogP contribution in [0, 0.1) is 0 Å². The van der Waals surface area contributed by atoms with E-state index in [1.54, 1.807) is 6.20 Å². The van der Waals surface area contributed by atoms with Crippen LogP contribution >= 0.6 is 0 Å². The van der Waals surface area contributed by atoms with Gasteiger partial charge in [-0.25, -0.2) is 14.3 Å². The van der Waals surface area contributed by atoms with Crippen molar-refractivity contribution in [1.29, 1.82) is 0 Å². The maximum absolute atomic E-state index is 12.8. The SMILES string of the molecule is CC(C)(C)OC(=O)n1cncc1/C=C1\CN(C(c2ccccc2)(c2ccccc2)c2ccccc2)CCC1O. The van der Waals surface area contributed by atoms with Gasteiger partial charge in [0.2, 0.25) is 0 Å². The predicted octanol–water partition coefficient (Wildman–Crippen LogP) is 6.11. The highest BCUT2D eigenvalue weighted by atomic mass is 16.6. The molecule has 1 atom stereocenters. The van der Waals surface area contributed by atoms with E-state index >= 15 is 0 Å². The zero-order valence-electron chi connectivity index (χ0n) is 22.7. The van der Waals surface area contributed by atoms with Crippen molar-refractivity contribution < 1.29 is 14.6 Å². The van der Waals surface area contributed by atoms with Crippen molar-refractivity contribution >= 4 is 12.2 Å². The van der Waals surface area contributed by atoms with Crippen molar-refractivity contribution in [3.05, 3.63) is 131 Å². The summed E-state index contributed by atoms with van der Waals surface area (Å²) in [7, 11) is 0. The molecule has 1 aliphatic rings. The number of nitrogens with zero attached hydrogens (tertiary/aromatic N) is 3. The molecule has 1 saturated heterocycles. The van der Waals surface area contributed by atoms with Crippen LogP contribution in [0.4, 0.5) is 4.79 Å². The van der Waals surface area contributed by atoms with Crippen LogP contribution in [-0.4, -0.2) is 50.4 Å². The Morgan fingerprint density at radius 1 is 0.897 bits per heavy atom. The molecule has 1 N–H and O–H groups in total. The van der Waals surface area contributed by atoms with E-state index in [0.717, 1.165) is 22.3 Å². The molecule has 2 heterocycles. The van der Waals surface area contributed by atoms with Gasteiger partial charge in [-0.3, -0.25) is 4.90 Å². The van der Waals surface area contributed by atoms with Gasteiger partial charge in [-0.1, -0.05) is 91.0 Å². The number of aliphatic hydroxyl groups excluding tert-OH is 1. The second kappa shape index (κ2) is 11.0. The first-order valence-corrected chi connectivity index (χ1v) is 13.3. The molecule has 0 amide bonds. The van der Waals surface area contributed by atoms with Crippen LogP contribution in [0.2, 0.25) is 0 Å². The van der Waals surface area contributed by atoms with Gasteiger partial charge in [0.15, 0.2) is 0 Å². The van der Waals surface area contributed by atoms with Gasteiger partial charge >= 0.3 is 6.09 Å². The highest BCUT2D eigenvalue weighted by molar-refractivity contribution is 5.74. The van der Waals surface area contributed by atoms with Gasteiger partial charge in [0.1, 0.15) is 11.9 Å². The number of piperidine rings is 1. The number of hydrogen-bond acceptors (Lipinski definition) is 5. The van der Waals surface area contributed by atoms with Crippen molar-refractivity contribution in [3.63, 3.8) is 0 Å². The third-order valence-corrected chi connectivity index (χ3v) is 7.11. The maximum atomic E-state index is 12.8. The van der Waals surface area contributed by atoms with Gasteiger partial charge in [0.05, 0.1) is 23.5 Å². The highest BCUT2D eigenvalue weighted by Gasteiger charge is 2.44. The molecule has 0 aliphatic carbocycles. The first kappa shape index (κ1) is 26.6. The van der Waals surface area contributed by atoms with E-state index in [1.165, 1.54) is 10.9 Å². The van der Waals surface area contributed by atoms with Crippen LogP contribution in [-0.2, 0) is 10.3 Å². The lowest BCUT2D eigenvalue weighted by atomic mass is 9.74. The van der Waals surface area contributed by atoms with Gasteiger partial charge in [0, 0.05) is 13.1 Å². The fraction of sp³-hybridized carbons (Fsp3) is 0.273. The summed E-state index contributed by atoms with van der Waals surface area (Å²) < 4.78 is 6.96. The molecule has 1 unspecified atom stereocenters. The Bertz CT molecular complexity index is 1330. The normalized spacial score (nSPS) is 17.7. The van der Waals surface area contributed by atoms with Crippen molar-refractivity contribution in [2.24, 2.45) is 0 Å². The van der Waals surface area contributed by atoms with Gasteiger partial charge < -0.3 is 9.84 Å². The summed E-state index contributed by atoms with van der Waals surface area (Å²) in [4.78, 5) is 19.5. The minimum atomic E-state index is -0.636. The molecule has 0 saturated carbocycles. The third kappa shape index (κ3) is 5.44. The Labute approximate surface area is 230 Å². The summed E-state index contributed by atoms with van der Waals surface area (Å²) in [5.74, 6) is 0. The zero-order valence-corrected chi connectivity index (χ0v) is 22.7. The topological polar surface area (TPSA) is 67.6 Å². The Hall–Kier alpha value is -4.00. The smallest absolute Gasteiger partial charge is 0.420 e. The molecular formula is C33H35N3O3. The van der Waals surface area contributed by atoms with Gasteiger partial charge in [-0.05, 0) is 55.5 Å². The van der Waals surface area contributed by atoms with Crippen LogP contribution in [0.25, 0.3) is 6.08 Å². The fourth-order valence-electron chi connectivity index (χ4n) is 5.45. The van der Waals surface area contributed by atoms with E-state index in [2.05, 4.69) is 82.7 Å². The number of aromatic nitrogens is 2. The average molecular weight is 522 g/mol. The Balaban J connectivity index is 1.62. The van der Waals surface area contributed by atoms with E-state index in [4.69, 9.17) is 4.74 Å². The molecule has 0 spiro atoms. The lowest BCUT2D eigenvalue weighted by Gasteiger charge is -2.48. The van der Waals surface area contributed by atoms with E-state index in [-0.39, 0.29) is 0 Å². The predicted molar refractivity (Wildman–Crippen MR) is 153 cm³/mol. The molecule has 3 aromatic carbocycles. The first-order chi connectivity index (χ1) is 18.8. The molecule has 6 heteroatoms. The highest BCUT2D eigenvalue weighted by Crippen LogP contribution is 2.44. The summed E-state index contributed by atoms with van der Waals surface area (Å²) in [6, 6.07) is 31.6. The molecule has 0 bridgehead atoms. The molecule has 1 aromatic heterocycles. The Morgan fingerprint density at radius 2 is 1.41 bits per heavy atom. The molecule has 1 fully saturated rings. The average Bonchev–Trinajstić information content (AvgIpc) is 3.40. The summed E-state index contributed by atoms with van der Waals surface area (Å²) in [5.41, 5.74) is 3.62. The van der Waals surface area contributed by atoms with E-state index in [1.807, 2.05) is 45.0 Å². The zero-order chi connectivity index (χ0) is 27.5. The largest absolute Gasteiger partial charge is 0.443 e. The molecule has 39 heavy (non-hydrogen) atoms. The number of hydrogen-bond donors (Lipinski definition) is 1. The van der Waals surface area contributed by atoms with Crippen LogP contribution < -0.4 is 0 Å². The van der Waals surface area contributed by atoms with Crippen molar-refractivity contribution in [3.8, 4) is 0 Å². The van der Waals surface area contributed by atoms with Gasteiger partial charge in [-0.15, -0.1) is 0 Å². The number of likely N-dealkylation sites (tertiary alicyclic amines) is 1. The van der Waals surface area contributed by atoms with Crippen molar-refractivity contribution in [1.82, 2.24) is 14.5 Å². The Kier molecular flexibility index (Phi) is 7.51. The summed E-state index contributed by atoms with van der Waals surface area (Å²) in [6.07, 6.45) is 4.38. The van der Waals surface area contributed by atoms with Gasteiger partial charge in [0.25, 0.3) is 0 Å². The van der Waals surface area contributed by atoms with Crippen molar-refractivity contribution in [2.75, 3.05) is 13.1 Å². The van der Waals surface area contributed by atoms with Crippen LogP contribution in [0.1, 0.15) is 49.6 Å². The fourth-order valence-corrected chi connectivity index (χ4v) is 5.45. The number of aliphatic hydroxyl groups is 1. The number of carbonyl (C=O) groups is 1. The van der Waals surface area contributed by atoms with Crippen molar-refractivity contribution in [2.45, 2.75) is 44.4 Å². The number of benzene rings is 3. The van der Waals surface area contributed by atoms with Crippen LogP contribution in [0.15, 0.2) is 109 Å². The molecule has 1 aliphatic heterocycles. The van der Waals surface area contributed by atoms with Crippen LogP contribution in [0.5, 0.6) is 0 Å².